The van der Waals surface area contributed by atoms with Gasteiger partial charge in [-0.05, 0) is 26.2 Å². The summed E-state index contributed by atoms with van der Waals surface area (Å²) < 4.78 is 5.75. The highest BCUT2D eigenvalue weighted by molar-refractivity contribution is 7.09. The Morgan fingerprint density at radius 1 is 1.60 bits per heavy atom. The van der Waals surface area contributed by atoms with Crippen LogP contribution in [0.1, 0.15) is 49.2 Å². The molecule has 2 heterocycles. The van der Waals surface area contributed by atoms with E-state index in [1.807, 2.05) is 0 Å². The van der Waals surface area contributed by atoms with Crippen molar-refractivity contribution in [2.45, 2.75) is 51.6 Å². The first-order valence-electron chi connectivity index (χ1n) is 5.83. The van der Waals surface area contributed by atoms with Gasteiger partial charge in [0.1, 0.15) is 0 Å². The Kier molecular flexibility index (Phi) is 3.76. The largest absolute Gasteiger partial charge is 0.378 e. The van der Waals surface area contributed by atoms with Crippen molar-refractivity contribution in [3.63, 3.8) is 0 Å². The quantitative estimate of drug-likeness (QED) is 0.785. The van der Waals surface area contributed by atoms with Gasteiger partial charge >= 0.3 is 0 Å². The smallest absolute Gasteiger partial charge is 0.0897 e. The van der Waals surface area contributed by atoms with E-state index in [2.05, 4.69) is 24.2 Å². The average Bonchev–Trinajstić information content (AvgIpc) is 2.66. The number of thiazole rings is 1. The Morgan fingerprint density at radius 2 is 2.47 bits per heavy atom. The molecule has 2 atom stereocenters. The van der Waals surface area contributed by atoms with Gasteiger partial charge in [0.15, 0.2) is 0 Å². The lowest BCUT2D eigenvalue weighted by atomic mass is 9.91. The first kappa shape index (κ1) is 11.1. The lowest BCUT2D eigenvalue weighted by Gasteiger charge is -2.28. The van der Waals surface area contributed by atoms with E-state index < -0.39 is 0 Å². The molecule has 1 fully saturated rings. The van der Waals surface area contributed by atoms with E-state index in [1.54, 1.807) is 11.3 Å². The lowest BCUT2D eigenvalue weighted by Crippen LogP contribution is -2.24. The highest BCUT2D eigenvalue weighted by atomic mass is 32.1. The molecule has 1 aliphatic rings. The van der Waals surface area contributed by atoms with Gasteiger partial charge in [0.25, 0.3) is 0 Å². The average molecular weight is 225 g/mol. The van der Waals surface area contributed by atoms with Crippen molar-refractivity contribution in [3.8, 4) is 0 Å². The van der Waals surface area contributed by atoms with E-state index >= 15 is 0 Å². The van der Waals surface area contributed by atoms with E-state index in [1.165, 1.54) is 23.5 Å². The molecule has 3 heteroatoms. The predicted molar refractivity (Wildman–Crippen MR) is 63.5 cm³/mol. The van der Waals surface area contributed by atoms with Crippen molar-refractivity contribution in [1.82, 2.24) is 4.98 Å². The van der Waals surface area contributed by atoms with Gasteiger partial charge in [0.2, 0.25) is 0 Å². The second kappa shape index (κ2) is 5.08. The molecule has 0 amide bonds. The maximum atomic E-state index is 5.75. The summed E-state index contributed by atoms with van der Waals surface area (Å²) in [4.78, 5) is 4.59. The van der Waals surface area contributed by atoms with Gasteiger partial charge in [-0.25, -0.2) is 4.98 Å². The van der Waals surface area contributed by atoms with E-state index in [0.717, 1.165) is 19.4 Å². The summed E-state index contributed by atoms with van der Waals surface area (Å²) in [5, 5.41) is 3.40. The SMILES string of the molecule is CCC[C@H]1C[C@H](c2csc(C)n2)CCO1. The number of rotatable bonds is 3. The zero-order valence-electron chi connectivity index (χ0n) is 9.53. The lowest BCUT2D eigenvalue weighted by molar-refractivity contribution is 0.00110. The molecule has 84 valence electrons. The van der Waals surface area contributed by atoms with Crippen LogP contribution in [0.5, 0.6) is 0 Å². The third-order valence-electron chi connectivity index (χ3n) is 3.03. The van der Waals surface area contributed by atoms with Crippen LogP contribution in [-0.4, -0.2) is 17.7 Å². The molecular weight excluding hydrogens is 206 g/mol. The Balaban J connectivity index is 1.98. The van der Waals surface area contributed by atoms with E-state index in [4.69, 9.17) is 4.74 Å². The summed E-state index contributed by atoms with van der Waals surface area (Å²) in [5.74, 6) is 0.639. The standard InChI is InChI=1S/C12H19NOS/c1-3-4-11-7-10(5-6-14-11)12-8-15-9(2)13-12/h8,10-11H,3-7H2,1-2H3/t10-,11+/m1/s1. The van der Waals surface area contributed by atoms with Crippen LogP contribution in [0.4, 0.5) is 0 Å². The molecule has 1 saturated heterocycles. The molecule has 0 bridgehead atoms. The summed E-state index contributed by atoms with van der Waals surface area (Å²) in [5.41, 5.74) is 1.29. The summed E-state index contributed by atoms with van der Waals surface area (Å²) in [7, 11) is 0. The first-order chi connectivity index (χ1) is 7.29. The molecule has 2 nitrogen and oxygen atoms in total. The van der Waals surface area contributed by atoms with Gasteiger partial charge in [-0.3, -0.25) is 0 Å². The van der Waals surface area contributed by atoms with Crippen molar-refractivity contribution >= 4 is 11.3 Å². The summed E-state index contributed by atoms with van der Waals surface area (Å²) in [6, 6.07) is 0. The molecule has 0 unspecified atom stereocenters. The molecule has 2 rings (SSSR count). The molecule has 1 aromatic heterocycles. The fourth-order valence-corrected chi connectivity index (χ4v) is 2.93. The minimum Gasteiger partial charge on any atom is -0.378 e. The number of ether oxygens (including phenoxy) is 1. The van der Waals surface area contributed by atoms with Crippen LogP contribution in [0, 0.1) is 6.92 Å². The van der Waals surface area contributed by atoms with Crippen molar-refractivity contribution in [2.24, 2.45) is 0 Å². The molecule has 0 saturated carbocycles. The molecule has 0 aliphatic carbocycles. The molecule has 0 spiro atoms. The molecule has 0 radical (unpaired) electrons. The van der Waals surface area contributed by atoms with Crippen LogP contribution < -0.4 is 0 Å². The van der Waals surface area contributed by atoms with E-state index in [9.17, 15) is 0 Å². The predicted octanol–water partition coefficient (Wildman–Crippen LogP) is 3.51. The van der Waals surface area contributed by atoms with Gasteiger partial charge in [-0.1, -0.05) is 13.3 Å². The minimum absolute atomic E-state index is 0.468. The summed E-state index contributed by atoms with van der Waals surface area (Å²) in [6.45, 7) is 5.21. The van der Waals surface area contributed by atoms with Gasteiger partial charge in [-0.2, -0.15) is 0 Å². The highest BCUT2D eigenvalue weighted by Crippen LogP contribution is 2.31. The minimum atomic E-state index is 0.468. The fourth-order valence-electron chi connectivity index (χ4n) is 2.24. The maximum absolute atomic E-state index is 5.75. The maximum Gasteiger partial charge on any atom is 0.0897 e. The molecule has 0 N–H and O–H groups in total. The third-order valence-corrected chi connectivity index (χ3v) is 3.82. The Hall–Kier alpha value is -0.410. The number of hydrogen-bond acceptors (Lipinski definition) is 3. The van der Waals surface area contributed by atoms with Crippen LogP contribution in [0.3, 0.4) is 0 Å². The van der Waals surface area contributed by atoms with Gasteiger partial charge in [0, 0.05) is 17.9 Å². The van der Waals surface area contributed by atoms with Crippen molar-refractivity contribution in [2.75, 3.05) is 6.61 Å². The van der Waals surface area contributed by atoms with Crippen molar-refractivity contribution in [3.05, 3.63) is 16.1 Å². The summed E-state index contributed by atoms with van der Waals surface area (Å²) in [6.07, 6.45) is 5.18. The first-order valence-corrected chi connectivity index (χ1v) is 6.71. The van der Waals surface area contributed by atoms with E-state index in [0.29, 0.717) is 12.0 Å². The monoisotopic (exact) mass is 225 g/mol. The second-order valence-corrected chi connectivity index (χ2v) is 5.36. The Bertz CT molecular complexity index is 308. The van der Waals surface area contributed by atoms with Gasteiger partial charge < -0.3 is 4.74 Å². The number of aromatic nitrogens is 1. The third kappa shape index (κ3) is 2.79. The van der Waals surface area contributed by atoms with Crippen LogP contribution in [0.2, 0.25) is 0 Å². The van der Waals surface area contributed by atoms with Crippen LogP contribution >= 0.6 is 11.3 Å². The summed E-state index contributed by atoms with van der Waals surface area (Å²) >= 11 is 1.76. The van der Waals surface area contributed by atoms with Crippen LogP contribution in [0.25, 0.3) is 0 Å². The molecule has 1 aliphatic heterocycles. The molecular formula is C12H19NOS. The Labute approximate surface area is 95.7 Å². The Morgan fingerprint density at radius 3 is 3.13 bits per heavy atom. The fraction of sp³-hybridized carbons (Fsp3) is 0.750. The molecule has 15 heavy (non-hydrogen) atoms. The van der Waals surface area contributed by atoms with Gasteiger partial charge in [0.05, 0.1) is 16.8 Å². The number of hydrogen-bond donors (Lipinski definition) is 0. The number of nitrogens with zero attached hydrogens (tertiary/aromatic N) is 1. The van der Waals surface area contributed by atoms with Gasteiger partial charge in [-0.15, -0.1) is 11.3 Å². The molecule has 0 aromatic carbocycles. The second-order valence-electron chi connectivity index (χ2n) is 4.29. The number of aryl methyl sites for hydroxylation is 1. The normalized spacial score (nSPS) is 26.8. The van der Waals surface area contributed by atoms with Crippen LogP contribution in [0.15, 0.2) is 5.38 Å². The van der Waals surface area contributed by atoms with E-state index in [-0.39, 0.29) is 0 Å². The zero-order valence-corrected chi connectivity index (χ0v) is 10.3. The highest BCUT2D eigenvalue weighted by Gasteiger charge is 2.24. The van der Waals surface area contributed by atoms with Crippen LogP contribution in [-0.2, 0) is 4.74 Å². The van der Waals surface area contributed by atoms with Crippen molar-refractivity contribution in [1.29, 1.82) is 0 Å². The zero-order chi connectivity index (χ0) is 10.7. The topological polar surface area (TPSA) is 22.1 Å². The van der Waals surface area contributed by atoms with Crippen molar-refractivity contribution < 1.29 is 4.74 Å². The molecule has 1 aromatic rings.